The summed E-state index contributed by atoms with van der Waals surface area (Å²) >= 11 is 6.05. The van der Waals surface area contributed by atoms with Gasteiger partial charge in [-0.25, -0.2) is 9.48 Å². The summed E-state index contributed by atoms with van der Waals surface area (Å²) in [6.45, 7) is 1.88. The number of nitrogens with zero attached hydrogens (tertiary/aromatic N) is 4. The Morgan fingerprint density at radius 1 is 1.21 bits per heavy atom. The molecule has 4 aromatic rings. The number of hydrogen-bond acceptors (Lipinski definition) is 6. The van der Waals surface area contributed by atoms with E-state index in [2.05, 4.69) is 25.3 Å². The van der Waals surface area contributed by atoms with Crippen LogP contribution in [0.15, 0.2) is 46.1 Å². The molecule has 0 amide bonds. The second-order valence-electron chi connectivity index (χ2n) is 6.20. The molecule has 10 heteroatoms. The van der Waals surface area contributed by atoms with E-state index in [1.165, 1.54) is 6.20 Å². The molecule has 0 spiro atoms. The van der Waals surface area contributed by atoms with Crippen LogP contribution in [0.4, 0.5) is 0 Å². The first-order valence-electron chi connectivity index (χ1n) is 8.37. The minimum Gasteiger partial charge on any atom is -0.468 e. The maximum atomic E-state index is 12.1. The number of aromatic amines is 2. The summed E-state index contributed by atoms with van der Waals surface area (Å²) in [7, 11) is 1.72. The lowest BCUT2D eigenvalue weighted by atomic mass is 10.1. The van der Waals surface area contributed by atoms with E-state index >= 15 is 0 Å². The molecule has 0 saturated heterocycles. The standard InChI is InChI=1S/C18H15ClN6O3/c1-9(10-4-3-5-11(19)6-10)28-17-12-7-14(22-23-15(12)25(2)24-17)13-8-20-18(27)21-16(13)26/h3-9H,1-2H3,(H2,20,21,26,27). The minimum atomic E-state index is -0.594. The van der Waals surface area contributed by atoms with Gasteiger partial charge in [-0.1, -0.05) is 23.7 Å². The summed E-state index contributed by atoms with van der Waals surface area (Å²) in [5.74, 6) is 0.349. The number of ether oxygens (including phenoxy) is 1. The van der Waals surface area contributed by atoms with Gasteiger partial charge in [0.05, 0.1) is 10.9 Å². The zero-order valence-electron chi connectivity index (χ0n) is 14.9. The molecule has 9 nitrogen and oxygen atoms in total. The van der Waals surface area contributed by atoms with Crippen molar-refractivity contribution in [3.05, 3.63) is 68.0 Å². The first kappa shape index (κ1) is 17.9. The van der Waals surface area contributed by atoms with E-state index < -0.39 is 11.2 Å². The molecule has 4 rings (SSSR count). The van der Waals surface area contributed by atoms with Crippen LogP contribution in [-0.2, 0) is 7.05 Å². The average molecular weight is 399 g/mol. The van der Waals surface area contributed by atoms with Gasteiger partial charge in [0.25, 0.3) is 5.56 Å². The third-order valence-corrected chi connectivity index (χ3v) is 4.49. The first-order chi connectivity index (χ1) is 13.4. The Morgan fingerprint density at radius 2 is 2.04 bits per heavy atom. The van der Waals surface area contributed by atoms with Crippen LogP contribution in [0, 0.1) is 0 Å². The molecule has 142 valence electrons. The molecule has 0 fully saturated rings. The highest BCUT2D eigenvalue weighted by Gasteiger charge is 2.18. The van der Waals surface area contributed by atoms with Crippen molar-refractivity contribution in [2.24, 2.45) is 7.05 Å². The van der Waals surface area contributed by atoms with Crippen molar-refractivity contribution in [1.29, 1.82) is 0 Å². The lowest BCUT2D eigenvalue weighted by Crippen LogP contribution is -2.22. The third kappa shape index (κ3) is 3.27. The van der Waals surface area contributed by atoms with E-state index in [4.69, 9.17) is 16.3 Å². The molecule has 28 heavy (non-hydrogen) atoms. The number of benzene rings is 1. The van der Waals surface area contributed by atoms with E-state index in [-0.39, 0.29) is 11.7 Å². The van der Waals surface area contributed by atoms with E-state index in [0.29, 0.717) is 27.6 Å². The van der Waals surface area contributed by atoms with Crippen LogP contribution in [0.25, 0.3) is 22.3 Å². The molecule has 0 saturated carbocycles. The van der Waals surface area contributed by atoms with Gasteiger partial charge in [0.1, 0.15) is 11.8 Å². The first-order valence-corrected chi connectivity index (χ1v) is 8.75. The molecule has 3 heterocycles. The maximum Gasteiger partial charge on any atom is 0.325 e. The number of halogens is 1. The van der Waals surface area contributed by atoms with Crippen molar-refractivity contribution in [3.8, 4) is 17.1 Å². The van der Waals surface area contributed by atoms with E-state index in [0.717, 1.165) is 5.56 Å². The van der Waals surface area contributed by atoms with Crippen molar-refractivity contribution in [1.82, 2.24) is 29.9 Å². The van der Waals surface area contributed by atoms with Gasteiger partial charge in [0, 0.05) is 18.3 Å². The molecule has 1 unspecified atom stereocenters. The van der Waals surface area contributed by atoms with E-state index in [1.807, 2.05) is 25.1 Å². The summed E-state index contributed by atoms with van der Waals surface area (Å²) in [6, 6.07) is 9.02. The maximum absolute atomic E-state index is 12.1. The Hall–Kier alpha value is -3.46. The summed E-state index contributed by atoms with van der Waals surface area (Å²) in [5, 5.41) is 13.8. The summed E-state index contributed by atoms with van der Waals surface area (Å²) < 4.78 is 7.57. The fraction of sp³-hybridized carbons (Fsp3) is 0.167. The number of nitrogens with one attached hydrogen (secondary N) is 2. The fourth-order valence-corrected chi connectivity index (χ4v) is 3.03. The van der Waals surface area contributed by atoms with Crippen LogP contribution >= 0.6 is 11.6 Å². The normalized spacial score (nSPS) is 12.2. The molecule has 2 N–H and O–H groups in total. The number of aromatic nitrogens is 6. The summed E-state index contributed by atoms with van der Waals surface area (Å²) in [6.07, 6.45) is 0.979. The predicted molar refractivity (Wildman–Crippen MR) is 103 cm³/mol. The van der Waals surface area contributed by atoms with Gasteiger partial charge in [0.15, 0.2) is 5.65 Å². The van der Waals surface area contributed by atoms with Crippen molar-refractivity contribution in [2.75, 3.05) is 0 Å². The highest BCUT2D eigenvalue weighted by molar-refractivity contribution is 6.30. The molecule has 1 aromatic carbocycles. The Kier molecular flexibility index (Phi) is 4.44. The van der Waals surface area contributed by atoms with Crippen molar-refractivity contribution in [2.45, 2.75) is 13.0 Å². The monoisotopic (exact) mass is 398 g/mol. The molecule has 1 atom stereocenters. The summed E-state index contributed by atoms with van der Waals surface area (Å²) in [5.41, 5.74) is 0.716. The van der Waals surface area contributed by atoms with Crippen molar-refractivity contribution >= 4 is 22.6 Å². The smallest absolute Gasteiger partial charge is 0.325 e. The Labute approximate surface area is 163 Å². The molecule has 0 aliphatic heterocycles. The number of aryl methyl sites for hydroxylation is 1. The number of rotatable bonds is 4. The second kappa shape index (κ2) is 6.93. The van der Waals surface area contributed by atoms with Crippen molar-refractivity contribution < 1.29 is 4.74 Å². The van der Waals surface area contributed by atoms with Crippen LogP contribution in [0.2, 0.25) is 5.02 Å². The lowest BCUT2D eigenvalue weighted by Gasteiger charge is -2.13. The average Bonchev–Trinajstić information content (AvgIpc) is 2.97. The van der Waals surface area contributed by atoms with Gasteiger partial charge in [-0.3, -0.25) is 9.78 Å². The molecule has 3 aromatic heterocycles. The Bertz CT molecular complexity index is 1290. The molecule has 0 aliphatic rings. The number of fused-ring (bicyclic) bond motifs is 1. The molecule has 0 bridgehead atoms. The number of hydrogen-bond donors (Lipinski definition) is 2. The van der Waals surface area contributed by atoms with Gasteiger partial charge >= 0.3 is 5.69 Å². The van der Waals surface area contributed by atoms with Crippen LogP contribution in [-0.4, -0.2) is 29.9 Å². The number of H-pyrrole nitrogens is 2. The van der Waals surface area contributed by atoms with E-state index in [1.54, 1.807) is 23.9 Å². The van der Waals surface area contributed by atoms with Gasteiger partial charge in [-0.15, -0.1) is 15.3 Å². The van der Waals surface area contributed by atoms with Crippen LogP contribution in [0.5, 0.6) is 5.88 Å². The van der Waals surface area contributed by atoms with Crippen molar-refractivity contribution in [3.63, 3.8) is 0 Å². The second-order valence-corrected chi connectivity index (χ2v) is 6.63. The molecule has 0 aliphatic carbocycles. The quantitative estimate of drug-likeness (QED) is 0.544. The van der Waals surface area contributed by atoms with Gasteiger partial charge in [-0.05, 0) is 30.7 Å². The van der Waals surface area contributed by atoms with Crippen LogP contribution < -0.4 is 16.0 Å². The lowest BCUT2D eigenvalue weighted by molar-refractivity contribution is 0.218. The molecule has 0 radical (unpaired) electrons. The topological polar surface area (TPSA) is 119 Å². The predicted octanol–water partition coefficient (Wildman–Crippen LogP) is 2.20. The van der Waals surface area contributed by atoms with Crippen LogP contribution in [0.3, 0.4) is 0 Å². The highest BCUT2D eigenvalue weighted by Crippen LogP contribution is 2.29. The Balaban J connectivity index is 1.77. The van der Waals surface area contributed by atoms with Gasteiger partial charge < -0.3 is 9.72 Å². The summed E-state index contributed by atoms with van der Waals surface area (Å²) in [4.78, 5) is 27.9. The molecular formula is C18H15ClN6O3. The fourth-order valence-electron chi connectivity index (χ4n) is 2.83. The van der Waals surface area contributed by atoms with Crippen LogP contribution in [0.1, 0.15) is 18.6 Å². The largest absolute Gasteiger partial charge is 0.468 e. The SMILES string of the molecule is CC(Oc1nn(C)c2nnc(-c3c[nH]c(=O)[nH]c3=O)cc12)c1cccc(Cl)c1. The van der Waals surface area contributed by atoms with Gasteiger partial charge in [-0.2, -0.15) is 0 Å². The molecular weight excluding hydrogens is 384 g/mol. The van der Waals surface area contributed by atoms with E-state index in [9.17, 15) is 9.59 Å². The minimum absolute atomic E-state index is 0.187. The Morgan fingerprint density at radius 3 is 2.79 bits per heavy atom. The van der Waals surface area contributed by atoms with Gasteiger partial charge in [0.2, 0.25) is 5.88 Å². The zero-order valence-corrected chi connectivity index (χ0v) is 15.7. The highest BCUT2D eigenvalue weighted by atomic mass is 35.5. The zero-order chi connectivity index (χ0) is 19.8. The third-order valence-electron chi connectivity index (χ3n) is 4.25.